The third-order valence-electron chi connectivity index (χ3n) is 13.1. The second-order valence-electron chi connectivity index (χ2n) is 20.8. The van der Waals surface area contributed by atoms with E-state index in [4.69, 9.17) is 28.4 Å². The molecule has 3 unspecified atom stereocenters. The van der Waals surface area contributed by atoms with Gasteiger partial charge in [-0.05, 0) is 89.6 Å². The molecule has 18 heteroatoms. The lowest BCUT2D eigenvalue weighted by Gasteiger charge is -2.24. The highest BCUT2D eigenvalue weighted by Crippen LogP contribution is 2.17. The molecule has 0 heterocycles. The Kier molecular flexibility index (Phi) is 52.8. The van der Waals surface area contributed by atoms with E-state index in [1.165, 1.54) is 103 Å². The zero-order valence-corrected chi connectivity index (χ0v) is 52.3. The van der Waals surface area contributed by atoms with Gasteiger partial charge in [0.15, 0.2) is 0 Å². The Labute approximate surface area is 481 Å². The fourth-order valence-corrected chi connectivity index (χ4v) is 11.2. The first kappa shape index (κ1) is 74.8. The van der Waals surface area contributed by atoms with E-state index >= 15 is 0 Å². The zero-order chi connectivity index (χ0) is 57.0. The average Bonchev–Trinajstić information content (AvgIpc) is 3.41. The van der Waals surface area contributed by atoms with E-state index in [0.29, 0.717) is 37.7 Å². The molecule has 77 heavy (non-hydrogen) atoms. The maximum Gasteiger partial charge on any atom is 0.309 e. The second-order valence-corrected chi connectivity index (χ2v) is 24.2. The molecule has 0 aliphatic carbocycles. The second kappa shape index (κ2) is 54.3. The van der Waals surface area contributed by atoms with Crippen molar-refractivity contribution >= 4 is 71.1 Å². The molecule has 0 fully saturated rings. The summed E-state index contributed by atoms with van der Waals surface area (Å²) in [7, 11) is 4.04. The van der Waals surface area contributed by atoms with Gasteiger partial charge in [-0.3, -0.25) is 28.8 Å². The van der Waals surface area contributed by atoms with E-state index in [0.717, 1.165) is 68.3 Å². The maximum absolute atomic E-state index is 12.8. The van der Waals surface area contributed by atoms with E-state index in [9.17, 15) is 28.8 Å². The number of esters is 6. The van der Waals surface area contributed by atoms with Gasteiger partial charge in [0, 0.05) is 36.9 Å². The van der Waals surface area contributed by atoms with Crippen molar-refractivity contribution in [3.63, 3.8) is 0 Å². The SMILES string of the molecule is CCCCCCCCSCC(C)C(=O)OCCOC(=O)CCN(C)CCCN(C)CCCN(CCC(=O)OCCOC(=O)C(C)CSCCCCCCCC)CCC(=O)OCCOC(=O)C(C)CSCCCCCCCC. The maximum atomic E-state index is 12.8. The van der Waals surface area contributed by atoms with Crippen molar-refractivity contribution in [2.75, 3.05) is 134 Å². The van der Waals surface area contributed by atoms with Crippen LogP contribution in [0.4, 0.5) is 0 Å². The predicted molar refractivity (Wildman–Crippen MR) is 320 cm³/mol. The Morgan fingerprint density at radius 1 is 0.338 bits per heavy atom. The zero-order valence-electron chi connectivity index (χ0n) is 49.9. The van der Waals surface area contributed by atoms with Crippen LogP contribution in [0.25, 0.3) is 0 Å². The Hall–Kier alpha value is -2.25. The summed E-state index contributed by atoms with van der Waals surface area (Å²) in [5, 5.41) is 0. The summed E-state index contributed by atoms with van der Waals surface area (Å²) in [4.78, 5) is 81.7. The summed E-state index contributed by atoms with van der Waals surface area (Å²) in [5.41, 5.74) is 0. The van der Waals surface area contributed by atoms with Crippen molar-refractivity contribution in [3.8, 4) is 0 Å². The molecule has 0 spiro atoms. The third kappa shape index (κ3) is 49.3. The summed E-state index contributed by atoms with van der Waals surface area (Å²) in [6.07, 6.45) is 24.7. The number of ether oxygens (including phenoxy) is 6. The number of carbonyl (C=O) groups excluding carboxylic acids is 6. The molecular weight excluding hydrogens is 1040 g/mol. The first-order valence-electron chi connectivity index (χ1n) is 30.0. The van der Waals surface area contributed by atoms with E-state index in [1.54, 1.807) is 35.3 Å². The van der Waals surface area contributed by atoms with Crippen molar-refractivity contribution in [1.29, 1.82) is 0 Å². The van der Waals surface area contributed by atoms with Gasteiger partial charge in [0.1, 0.15) is 39.6 Å². The Morgan fingerprint density at radius 3 is 0.948 bits per heavy atom. The van der Waals surface area contributed by atoms with Gasteiger partial charge in [0.25, 0.3) is 0 Å². The van der Waals surface area contributed by atoms with Crippen molar-refractivity contribution in [1.82, 2.24) is 14.7 Å². The number of thioether (sulfide) groups is 3. The topological polar surface area (TPSA) is 168 Å². The van der Waals surface area contributed by atoms with Crippen LogP contribution in [0.15, 0.2) is 0 Å². The molecule has 15 nitrogen and oxygen atoms in total. The molecule has 0 radical (unpaired) electrons. The smallest absolute Gasteiger partial charge is 0.309 e. The van der Waals surface area contributed by atoms with E-state index in [-0.39, 0.29) is 101 Å². The lowest BCUT2D eigenvalue weighted by Crippen LogP contribution is -2.33. The largest absolute Gasteiger partial charge is 0.462 e. The Balaban J connectivity index is 4.72. The van der Waals surface area contributed by atoms with Gasteiger partial charge >= 0.3 is 35.8 Å². The first-order chi connectivity index (χ1) is 37.2. The number of hydrogen-bond acceptors (Lipinski definition) is 18. The Morgan fingerprint density at radius 2 is 0.610 bits per heavy atom. The van der Waals surface area contributed by atoms with Gasteiger partial charge in [-0.25, -0.2) is 0 Å². The van der Waals surface area contributed by atoms with Gasteiger partial charge < -0.3 is 43.1 Å². The van der Waals surface area contributed by atoms with Crippen LogP contribution in [0.2, 0.25) is 0 Å². The first-order valence-corrected chi connectivity index (χ1v) is 33.5. The number of rotatable bonds is 56. The van der Waals surface area contributed by atoms with Gasteiger partial charge in [-0.15, -0.1) is 0 Å². The molecule has 452 valence electrons. The van der Waals surface area contributed by atoms with Crippen LogP contribution >= 0.6 is 35.3 Å². The lowest BCUT2D eigenvalue weighted by atomic mass is 10.1. The van der Waals surface area contributed by atoms with Gasteiger partial charge in [-0.1, -0.05) is 138 Å². The molecule has 0 saturated carbocycles. The molecule has 0 N–H and O–H groups in total. The van der Waals surface area contributed by atoms with Crippen molar-refractivity contribution < 1.29 is 57.2 Å². The van der Waals surface area contributed by atoms with Gasteiger partial charge in [0.2, 0.25) is 0 Å². The highest BCUT2D eigenvalue weighted by atomic mass is 32.2. The van der Waals surface area contributed by atoms with Crippen LogP contribution in [0.5, 0.6) is 0 Å². The fourth-order valence-electron chi connectivity index (χ4n) is 7.99. The quantitative estimate of drug-likeness (QED) is 0.0320. The van der Waals surface area contributed by atoms with Crippen molar-refractivity contribution in [3.05, 3.63) is 0 Å². The summed E-state index contributed by atoms with van der Waals surface area (Å²) in [6, 6.07) is 0. The van der Waals surface area contributed by atoms with E-state index in [1.807, 2.05) is 27.8 Å². The minimum atomic E-state index is -0.406. The molecule has 0 aliphatic heterocycles. The summed E-state index contributed by atoms with van der Waals surface area (Å²) in [5.74, 6) is 2.67. The summed E-state index contributed by atoms with van der Waals surface area (Å²) < 4.78 is 32.3. The fraction of sp³-hybridized carbons (Fsp3) is 0.898. The molecule has 0 aliphatic rings. The van der Waals surface area contributed by atoms with E-state index < -0.39 is 11.9 Å². The minimum Gasteiger partial charge on any atom is -0.462 e. The molecule has 0 aromatic carbocycles. The van der Waals surface area contributed by atoms with Crippen LogP contribution in [0, 0.1) is 17.8 Å². The molecule has 0 aromatic rings. The van der Waals surface area contributed by atoms with Crippen LogP contribution in [-0.2, 0) is 57.2 Å². The van der Waals surface area contributed by atoms with Crippen LogP contribution < -0.4 is 0 Å². The number of unbranched alkanes of at least 4 members (excludes halogenated alkanes) is 15. The van der Waals surface area contributed by atoms with Crippen molar-refractivity contribution in [2.45, 2.75) is 189 Å². The number of carbonyl (C=O) groups is 6. The van der Waals surface area contributed by atoms with Crippen LogP contribution in [0.1, 0.15) is 189 Å². The van der Waals surface area contributed by atoms with Gasteiger partial charge in [-0.2, -0.15) is 35.3 Å². The molecule has 0 saturated heterocycles. The summed E-state index contributed by atoms with van der Waals surface area (Å²) >= 11 is 5.35. The average molecular weight is 1150 g/mol. The monoisotopic (exact) mass is 1150 g/mol. The molecule has 0 rings (SSSR count). The highest BCUT2D eigenvalue weighted by Gasteiger charge is 2.19. The molecule has 0 bridgehead atoms. The molecule has 3 atom stereocenters. The van der Waals surface area contributed by atoms with E-state index in [2.05, 4.69) is 42.5 Å². The van der Waals surface area contributed by atoms with Crippen LogP contribution in [-0.4, -0.2) is 185 Å². The molecule has 0 amide bonds. The normalized spacial score (nSPS) is 12.7. The third-order valence-corrected chi connectivity index (χ3v) is 17.0. The molecular formula is C59H111N3O12S3. The minimum absolute atomic E-state index is 0.00607. The number of nitrogens with zero attached hydrogens (tertiary/aromatic N) is 3. The Bertz CT molecular complexity index is 1410. The lowest BCUT2D eigenvalue weighted by molar-refractivity contribution is -0.154. The summed E-state index contributed by atoms with van der Waals surface area (Å²) in [6.45, 7) is 16.8. The van der Waals surface area contributed by atoms with Crippen molar-refractivity contribution in [2.24, 2.45) is 17.8 Å². The highest BCUT2D eigenvalue weighted by molar-refractivity contribution is 7.99. The predicted octanol–water partition coefficient (Wildman–Crippen LogP) is 11.6. The van der Waals surface area contributed by atoms with Crippen LogP contribution in [0.3, 0.4) is 0 Å². The van der Waals surface area contributed by atoms with Gasteiger partial charge in [0.05, 0.1) is 37.0 Å². The number of hydrogen-bond donors (Lipinski definition) is 0. The molecule has 0 aromatic heterocycles. The standard InChI is InChI=1S/C59H111N3O12S3/c1-9-12-15-18-21-24-45-75-48-51(4)57(66)72-42-39-69-54(63)29-36-61(8)33-27-32-60(7)34-28-35-62(37-30-55(64)70-40-43-73-58(67)52(5)49-76-46-25-22-19-16-13-10-2)38-31-56(65)71-41-44-74-59(68)53(6)50-77-47-26-23-20-17-14-11-3/h51-53H,9-50H2,1-8H3.